The molecule has 0 heterocycles. The molecular formula is C30H43NO2. The van der Waals surface area contributed by atoms with Gasteiger partial charge in [-0.3, -0.25) is 4.79 Å². The van der Waals surface area contributed by atoms with Crippen LogP contribution < -0.4 is 4.90 Å². The highest BCUT2D eigenvalue weighted by molar-refractivity contribution is 5.93. The molecule has 5 atom stereocenters. The maximum Gasteiger partial charge on any atom is 0.156 e. The second-order valence-corrected chi connectivity index (χ2v) is 10.4. The largest absolute Gasteiger partial charge is 0.378 e. The third kappa shape index (κ3) is 4.24. The van der Waals surface area contributed by atoms with Gasteiger partial charge >= 0.3 is 0 Å². The molecule has 180 valence electrons. The van der Waals surface area contributed by atoms with Gasteiger partial charge in [0.2, 0.25) is 0 Å². The molecule has 0 aliphatic heterocycles. The summed E-state index contributed by atoms with van der Waals surface area (Å²) in [6, 6.07) is 9.04. The molecule has 2 fully saturated rings. The third-order valence-electron chi connectivity index (χ3n) is 8.78. The SMILES string of the molecule is C.CC.CN(C)c1ccc(C2CC3(C)C(C=O)CCC3C3CCC4=CC(=O)CCC4=C23)cc1. The van der Waals surface area contributed by atoms with Gasteiger partial charge in [-0.2, -0.15) is 0 Å². The van der Waals surface area contributed by atoms with Crippen LogP contribution in [0, 0.1) is 23.2 Å². The van der Waals surface area contributed by atoms with Gasteiger partial charge in [-0.15, -0.1) is 0 Å². The second kappa shape index (κ2) is 9.99. The van der Waals surface area contributed by atoms with E-state index in [4.69, 9.17) is 0 Å². The maximum atomic E-state index is 12.1. The monoisotopic (exact) mass is 449 g/mol. The predicted molar refractivity (Wildman–Crippen MR) is 139 cm³/mol. The molecule has 3 nitrogen and oxygen atoms in total. The van der Waals surface area contributed by atoms with Gasteiger partial charge in [0.05, 0.1) is 0 Å². The normalized spacial score (nSPS) is 32.3. The predicted octanol–water partition coefficient (Wildman–Crippen LogP) is 7.13. The highest BCUT2D eigenvalue weighted by Gasteiger charge is 2.56. The first-order chi connectivity index (χ1) is 15.4. The van der Waals surface area contributed by atoms with Crippen molar-refractivity contribution in [3.05, 3.63) is 52.6 Å². The van der Waals surface area contributed by atoms with Crippen molar-refractivity contribution in [3.63, 3.8) is 0 Å². The molecule has 0 spiro atoms. The second-order valence-electron chi connectivity index (χ2n) is 10.4. The van der Waals surface area contributed by atoms with E-state index in [1.54, 1.807) is 5.57 Å². The number of fused-ring (bicyclic) bond motifs is 4. The minimum atomic E-state index is 0. The molecule has 5 unspecified atom stereocenters. The zero-order valence-electron chi connectivity index (χ0n) is 20.5. The lowest BCUT2D eigenvalue weighted by atomic mass is 9.52. The Kier molecular flexibility index (Phi) is 7.71. The minimum absolute atomic E-state index is 0. The fraction of sp³-hybridized carbons (Fsp3) is 0.600. The summed E-state index contributed by atoms with van der Waals surface area (Å²) >= 11 is 0. The van der Waals surface area contributed by atoms with Crippen molar-refractivity contribution in [1.29, 1.82) is 0 Å². The molecule has 1 aromatic carbocycles. The molecule has 0 amide bonds. The number of hydrogen-bond donors (Lipinski definition) is 0. The highest BCUT2D eigenvalue weighted by atomic mass is 16.1. The van der Waals surface area contributed by atoms with Crippen LogP contribution in [0.3, 0.4) is 0 Å². The van der Waals surface area contributed by atoms with Crippen molar-refractivity contribution in [2.75, 3.05) is 19.0 Å². The summed E-state index contributed by atoms with van der Waals surface area (Å²) < 4.78 is 0. The number of rotatable bonds is 3. The summed E-state index contributed by atoms with van der Waals surface area (Å²) in [7, 11) is 4.15. The standard InChI is InChI=1S/C27H33NO2.C2H6.CH4/c1-27-15-24(17-4-8-20(9-5-17)28(2)3)26-22-12-10-21(30)14-18(22)6-11-23(26)25(27)13-7-19(27)16-29;1-2;/h4-5,8-9,14,16,19,23-25H,6-7,10-13,15H2,1-3H3;1-2H3;1H4. The summed E-state index contributed by atoms with van der Waals surface area (Å²) in [6.45, 7) is 6.39. The maximum absolute atomic E-state index is 12.1. The van der Waals surface area contributed by atoms with Crippen LogP contribution in [0.1, 0.15) is 84.6 Å². The zero-order chi connectivity index (χ0) is 23.0. The van der Waals surface area contributed by atoms with Crippen LogP contribution >= 0.6 is 0 Å². The molecule has 1 aromatic rings. The zero-order valence-corrected chi connectivity index (χ0v) is 20.5. The van der Waals surface area contributed by atoms with Crippen molar-refractivity contribution >= 4 is 17.8 Å². The van der Waals surface area contributed by atoms with E-state index >= 15 is 0 Å². The molecule has 0 bridgehead atoms. The molecule has 0 saturated heterocycles. The van der Waals surface area contributed by atoms with Crippen LogP contribution in [-0.4, -0.2) is 26.2 Å². The average Bonchev–Trinajstić information content (AvgIpc) is 3.15. The number of benzene rings is 1. The molecule has 4 aliphatic rings. The Balaban J connectivity index is 0.000000994. The first-order valence-corrected chi connectivity index (χ1v) is 12.6. The van der Waals surface area contributed by atoms with E-state index in [1.807, 2.05) is 19.9 Å². The topological polar surface area (TPSA) is 37.4 Å². The Bertz CT molecular complexity index is 939. The number of carbonyl (C=O) groups excluding carboxylic acids is 2. The van der Waals surface area contributed by atoms with E-state index in [0.717, 1.165) is 32.1 Å². The fourth-order valence-corrected chi connectivity index (χ4v) is 7.22. The van der Waals surface area contributed by atoms with Gasteiger partial charge in [0.15, 0.2) is 5.78 Å². The van der Waals surface area contributed by atoms with E-state index in [1.165, 1.54) is 35.1 Å². The number of carbonyl (C=O) groups is 2. The van der Waals surface area contributed by atoms with Crippen LogP contribution in [0.4, 0.5) is 5.69 Å². The molecule has 0 N–H and O–H groups in total. The summed E-state index contributed by atoms with van der Waals surface area (Å²) in [6.07, 6.45) is 10.2. The summed E-state index contributed by atoms with van der Waals surface area (Å²) in [5, 5.41) is 0. The van der Waals surface area contributed by atoms with Crippen molar-refractivity contribution in [1.82, 2.24) is 0 Å². The highest BCUT2D eigenvalue weighted by Crippen LogP contribution is 2.65. The Morgan fingerprint density at radius 3 is 2.33 bits per heavy atom. The molecule has 33 heavy (non-hydrogen) atoms. The molecule has 5 rings (SSSR count). The Morgan fingerprint density at radius 1 is 1.00 bits per heavy atom. The lowest BCUT2D eigenvalue weighted by Crippen LogP contribution is -2.43. The van der Waals surface area contributed by atoms with E-state index < -0.39 is 0 Å². The molecule has 4 aliphatic carbocycles. The van der Waals surface area contributed by atoms with E-state index in [9.17, 15) is 9.59 Å². The number of hydrogen-bond acceptors (Lipinski definition) is 3. The quantitative estimate of drug-likeness (QED) is 0.461. The van der Waals surface area contributed by atoms with Gasteiger partial charge in [0.25, 0.3) is 0 Å². The molecule has 0 aromatic heterocycles. The van der Waals surface area contributed by atoms with Crippen LogP contribution in [0.2, 0.25) is 0 Å². The van der Waals surface area contributed by atoms with Crippen LogP contribution in [0.15, 0.2) is 47.1 Å². The number of allylic oxidation sites excluding steroid dienone is 4. The van der Waals surface area contributed by atoms with E-state index in [0.29, 0.717) is 30.0 Å². The van der Waals surface area contributed by atoms with Crippen molar-refractivity contribution in [2.24, 2.45) is 23.2 Å². The van der Waals surface area contributed by atoms with E-state index in [2.05, 4.69) is 50.2 Å². The minimum Gasteiger partial charge on any atom is -0.378 e. The average molecular weight is 450 g/mol. The van der Waals surface area contributed by atoms with Crippen molar-refractivity contribution in [3.8, 4) is 0 Å². The summed E-state index contributed by atoms with van der Waals surface area (Å²) in [4.78, 5) is 26.2. The number of nitrogens with zero attached hydrogens (tertiary/aromatic N) is 1. The van der Waals surface area contributed by atoms with Crippen molar-refractivity contribution < 1.29 is 9.59 Å². The number of anilines is 1. The Hall–Kier alpha value is -2.16. The van der Waals surface area contributed by atoms with Gasteiger partial charge in [0, 0.05) is 38.0 Å². The summed E-state index contributed by atoms with van der Waals surface area (Å²) in [5.41, 5.74) is 7.10. The molecule has 2 saturated carbocycles. The van der Waals surface area contributed by atoms with Crippen LogP contribution in [0.5, 0.6) is 0 Å². The lowest BCUT2D eigenvalue weighted by Gasteiger charge is -2.52. The van der Waals surface area contributed by atoms with Gasteiger partial charge in [0.1, 0.15) is 6.29 Å². The van der Waals surface area contributed by atoms with Crippen LogP contribution in [0.25, 0.3) is 0 Å². The number of aldehydes is 1. The molecule has 0 radical (unpaired) electrons. The smallest absolute Gasteiger partial charge is 0.156 e. The Morgan fingerprint density at radius 2 is 1.70 bits per heavy atom. The third-order valence-corrected chi connectivity index (χ3v) is 8.78. The van der Waals surface area contributed by atoms with Gasteiger partial charge in [-0.25, -0.2) is 0 Å². The van der Waals surface area contributed by atoms with Crippen molar-refractivity contribution in [2.45, 2.75) is 79.1 Å². The Labute approximate surface area is 201 Å². The van der Waals surface area contributed by atoms with Crippen LogP contribution in [-0.2, 0) is 9.59 Å². The fourth-order valence-electron chi connectivity index (χ4n) is 7.22. The van der Waals surface area contributed by atoms with Gasteiger partial charge in [-0.1, -0.05) is 45.9 Å². The van der Waals surface area contributed by atoms with Gasteiger partial charge in [-0.05, 0) is 90.7 Å². The summed E-state index contributed by atoms with van der Waals surface area (Å²) in [5.74, 6) is 2.00. The first-order valence-electron chi connectivity index (χ1n) is 12.6. The van der Waals surface area contributed by atoms with E-state index in [-0.39, 0.29) is 18.8 Å². The first kappa shape index (κ1) is 25.5. The lowest BCUT2D eigenvalue weighted by molar-refractivity contribution is -0.116. The molecular weight excluding hydrogens is 406 g/mol. The number of ketones is 1. The molecule has 3 heteroatoms. The van der Waals surface area contributed by atoms with Gasteiger partial charge < -0.3 is 9.69 Å².